The van der Waals surface area contributed by atoms with Crippen molar-refractivity contribution in [3.63, 3.8) is 0 Å². The lowest BCUT2D eigenvalue weighted by Gasteiger charge is -2.34. The van der Waals surface area contributed by atoms with E-state index in [1.807, 2.05) is 0 Å². The number of aromatic nitrogens is 2. The Balaban J connectivity index is 1.35. The van der Waals surface area contributed by atoms with Crippen LogP contribution in [0.3, 0.4) is 0 Å². The van der Waals surface area contributed by atoms with Crippen molar-refractivity contribution >= 4 is 11.6 Å². The number of alkyl halides is 3. The number of halogens is 5. The molecule has 11 heteroatoms. The molecule has 1 aromatic carbocycles. The summed E-state index contributed by atoms with van der Waals surface area (Å²) < 4.78 is 73.2. The molecule has 0 radical (unpaired) electrons. The fraction of sp³-hybridized carbons (Fsp3) is 0.400. The number of carbonyl (C=O) groups is 1. The molecule has 1 saturated carbocycles. The zero-order chi connectivity index (χ0) is 22.6. The molecule has 0 bridgehead atoms. The molecule has 0 aliphatic heterocycles. The van der Waals surface area contributed by atoms with Gasteiger partial charge < -0.3 is 14.6 Å². The molecule has 1 aromatic heterocycles. The van der Waals surface area contributed by atoms with Crippen molar-refractivity contribution in [3.05, 3.63) is 48.9 Å². The van der Waals surface area contributed by atoms with Crippen molar-refractivity contribution in [2.75, 3.05) is 13.2 Å². The summed E-state index contributed by atoms with van der Waals surface area (Å²) in [5.74, 6) is -2.32. The van der Waals surface area contributed by atoms with Crippen molar-refractivity contribution < 1.29 is 36.2 Å². The molecular weight excluding hydrogens is 425 g/mol. The maximum Gasteiger partial charge on any atom is 0.522 e. The highest BCUT2D eigenvalue weighted by molar-refractivity contribution is 5.77. The van der Waals surface area contributed by atoms with Gasteiger partial charge in [0.1, 0.15) is 6.61 Å². The Morgan fingerprint density at radius 1 is 1.23 bits per heavy atom. The molecule has 1 aliphatic carbocycles. The lowest BCUT2D eigenvalue weighted by Crippen LogP contribution is -2.42. The van der Waals surface area contributed by atoms with Crippen LogP contribution in [0.2, 0.25) is 0 Å². The second-order valence-electron chi connectivity index (χ2n) is 7.05. The maximum absolute atomic E-state index is 13.4. The summed E-state index contributed by atoms with van der Waals surface area (Å²) in [5, 5.41) is 2.63. The fourth-order valence-corrected chi connectivity index (χ4v) is 2.96. The predicted molar refractivity (Wildman–Crippen MR) is 100 cm³/mol. The summed E-state index contributed by atoms with van der Waals surface area (Å²) in [7, 11) is 0. The number of hydrogen-bond donors (Lipinski definition) is 1. The Morgan fingerprint density at radius 2 is 1.97 bits per heavy atom. The molecule has 31 heavy (non-hydrogen) atoms. The molecule has 1 fully saturated rings. The van der Waals surface area contributed by atoms with Crippen molar-refractivity contribution in [2.24, 2.45) is 0 Å². The van der Waals surface area contributed by atoms with Gasteiger partial charge in [-0.25, -0.2) is 13.8 Å². The third-order valence-electron chi connectivity index (χ3n) is 4.70. The van der Waals surface area contributed by atoms with Crippen molar-refractivity contribution in [1.29, 1.82) is 0 Å². The second kappa shape index (κ2) is 9.56. The van der Waals surface area contributed by atoms with Gasteiger partial charge in [-0.3, -0.25) is 9.53 Å². The molecule has 6 nitrogen and oxygen atoms in total. The molecule has 2 aromatic rings. The minimum absolute atomic E-state index is 0.0878. The van der Waals surface area contributed by atoms with Crippen LogP contribution in [0.4, 0.5) is 22.0 Å². The molecule has 1 heterocycles. The first kappa shape index (κ1) is 22.9. The van der Waals surface area contributed by atoms with Crippen LogP contribution < -0.4 is 5.32 Å². The third-order valence-corrected chi connectivity index (χ3v) is 4.70. The van der Waals surface area contributed by atoms with Gasteiger partial charge in [-0.05, 0) is 18.2 Å². The smallest absolute Gasteiger partial charge is 0.368 e. The first-order chi connectivity index (χ1) is 14.6. The summed E-state index contributed by atoms with van der Waals surface area (Å²) in [4.78, 5) is 15.9. The lowest BCUT2D eigenvalue weighted by atomic mass is 9.92. The monoisotopic (exact) mass is 445 g/mol. The van der Waals surface area contributed by atoms with E-state index in [1.165, 1.54) is 12.4 Å². The van der Waals surface area contributed by atoms with Crippen molar-refractivity contribution in [2.45, 2.75) is 37.8 Å². The van der Waals surface area contributed by atoms with Gasteiger partial charge in [0.2, 0.25) is 5.91 Å². The van der Waals surface area contributed by atoms with Crippen molar-refractivity contribution in [1.82, 2.24) is 14.9 Å². The van der Waals surface area contributed by atoms with Gasteiger partial charge in [-0.2, -0.15) is 0 Å². The normalized spacial score (nSPS) is 18.5. The molecular formula is C20H20F5N3O3. The number of nitrogens with zero attached hydrogens (tertiary/aromatic N) is 2. The van der Waals surface area contributed by atoms with Crippen LogP contribution in [0, 0.1) is 11.6 Å². The largest absolute Gasteiger partial charge is 0.522 e. The highest BCUT2D eigenvalue weighted by atomic mass is 19.4. The van der Waals surface area contributed by atoms with Crippen LogP contribution >= 0.6 is 0 Å². The van der Waals surface area contributed by atoms with Gasteiger partial charge in [0.05, 0.1) is 24.2 Å². The Hall–Kier alpha value is -2.79. The summed E-state index contributed by atoms with van der Waals surface area (Å²) in [5.41, 5.74) is 1.45. The third kappa shape index (κ3) is 6.59. The predicted octanol–water partition coefficient (Wildman–Crippen LogP) is 3.89. The number of benzene rings is 1. The fourth-order valence-electron chi connectivity index (χ4n) is 2.96. The van der Waals surface area contributed by atoms with E-state index < -0.39 is 36.1 Å². The highest BCUT2D eigenvalue weighted by Crippen LogP contribution is 2.32. The molecule has 1 N–H and O–H groups in total. The van der Waals surface area contributed by atoms with Crippen LogP contribution in [0.1, 0.15) is 19.3 Å². The molecule has 1 amide bonds. The maximum atomic E-state index is 13.4. The molecule has 1 aliphatic rings. The number of ether oxygens (including phenoxy) is 2. The lowest BCUT2D eigenvalue weighted by molar-refractivity contribution is -0.357. The second-order valence-corrected chi connectivity index (χ2v) is 7.05. The van der Waals surface area contributed by atoms with Gasteiger partial charge in [-0.15, -0.1) is 13.2 Å². The Bertz CT molecular complexity index is 938. The summed E-state index contributed by atoms with van der Waals surface area (Å²) in [6, 6.07) is 3.47. The van der Waals surface area contributed by atoms with Gasteiger partial charge >= 0.3 is 6.36 Å². The van der Waals surface area contributed by atoms with E-state index in [9.17, 15) is 26.7 Å². The zero-order valence-corrected chi connectivity index (χ0v) is 16.3. The van der Waals surface area contributed by atoms with E-state index in [1.54, 1.807) is 10.8 Å². The number of amides is 1. The van der Waals surface area contributed by atoms with Gasteiger partial charge in [0.25, 0.3) is 0 Å². The van der Waals surface area contributed by atoms with E-state index >= 15 is 0 Å². The summed E-state index contributed by atoms with van der Waals surface area (Å²) >= 11 is 0. The Labute approximate surface area is 174 Å². The Morgan fingerprint density at radius 3 is 2.65 bits per heavy atom. The molecule has 0 spiro atoms. The SMILES string of the molecule is C=C(CCNC(=O)CO[C@H]1C[C@@H](OC(F)(F)F)C1)n1cnc(-c2ccc(F)c(F)c2)c1. The van der Waals surface area contributed by atoms with Crippen LogP contribution in [0.15, 0.2) is 37.3 Å². The summed E-state index contributed by atoms with van der Waals surface area (Å²) in [6.07, 6.45) is -2.40. The van der Waals surface area contributed by atoms with E-state index in [0.29, 0.717) is 23.4 Å². The number of hydrogen-bond acceptors (Lipinski definition) is 4. The number of imidazole rings is 1. The van der Waals surface area contributed by atoms with E-state index in [-0.39, 0.29) is 26.0 Å². The zero-order valence-electron chi connectivity index (χ0n) is 16.3. The molecule has 168 valence electrons. The molecule has 3 rings (SSSR count). The standard InChI is InChI=1S/C20H20F5N3O3/c1-12(28-9-18(27-11-28)13-2-3-16(21)17(22)6-13)4-5-26-19(29)10-30-14-7-15(8-14)31-20(23,24)25/h2-3,6,9,11,14-15H,1,4-5,7-8,10H2,(H,26,29)/t14-,15+. The molecule has 0 unspecified atom stereocenters. The molecule has 0 atom stereocenters. The topological polar surface area (TPSA) is 65.4 Å². The average Bonchev–Trinajstić information content (AvgIpc) is 3.15. The summed E-state index contributed by atoms with van der Waals surface area (Å²) in [6.45, 7) is 3.89. The van der Waals surface area contributed by atoms with E-state index in [0.717, 1.165) is 12.1 Å². The van der Waals surface area contributed by atoms with Gasteiger partial charge in [0, 0.05) is 43.3 Å². The molecule has 0 saturated heterocycles. The Kier molecular flexibility index (Phi) is 7.06. The number of nitrogens with one attached hydrogen (secondary N) is 1. The van der Waals surface area contributed by atoms with Gasteiger partial charge in [-0.1, -0.05) is 6.58 Å². The van der Waals surface area contributed by atoms with Crippen LogP contribution in [-0.2, 0) is 14.3 Å². The quantitative estimate of drug-likeness (QED) is 0.595. The van der Waals surface area contributed by atoms with E-state index in [4.69, 9.17) is 4.74 Å². The van der Waals surface area contributed by atoms with Crippen LogP contribution in [0.25, 0.3) is 17.0 Å². The number of carbonyl (C=O) groups excluding carboxylic acids is 1. The first-order valence-electron chi connectivity index (χ1n) is 9.41. The average molecular weight is 445 g/mol. The van der Waals surface area contributed by atoms with Crippen molar-refractivity contribution in [3.8, 4) is 11.3 Å². The minimum Gasteiger partial charge on any atom is -0.368 e. The minimum atomic E-state index is -4.67. The highest BCUT2D eigenvalue weighted by Gasteiger charge is 2.40. The van der Waals surface area contributed by atoms with Crippen LogP contribution in [-0.4, -0.2) is 47.2 Å². The number of rotatable bonds is 9. The van der Waals surface area contributed by atoms with Gasteiger partial charge in [0.15, 0.2) is 11.6 Å². The van der Waals surface area contributed by atoms with E-state index in [2.05, 4.69) is 21.6 Å². The van der Waals surface area contributed by atoms with Crippen LogP contribution in [0.5, 0.6) is 0 Å². The first-order valence-corrected chi connectivity index (χ1v) is 9.41.